The Labute approximate surface area is 125 Å². The normalized spacial score (nSPS) is 18.6. The number of rotatable bonds is 4. The van der Waals surface area contributed by atoms with Crippen molar-refractivity contribution < 1.29 is 17.9 Å². The van der Waals surface area contributed by atoms with E-state index in [4.69, 9.17) is 4.74 Å². The molecule has 0 aliphatic carbocycles. The summed E-state index contributed by atoms with van der Waals surface area (Å²) < 4.78 is 44.8. The van der Waals surface area contributed by atoms with Crippen molar-refractivity contribution in [2.75, 3.05) is 13.1 Å². The zero-order valence-corrected chi connectivity index (χ0v) is 11.8. The Kier molecular flexibility index (Phi) is 4.06. The van der Waals surface area contributed by atoms with E-state index < -0.39 is 11.7 Å². The zero-order valence-electron chi connectivity index (χ0n) is 11.8. The summed E-state index contributed by atoms with van der Waals surface area (Å²) in [6.07, 6.45) is 0.115. The third-order valence-corrected chi connectivity index (χ3v) is 3.63. The minimum Gasteiger partial charge on any atom is -0.454 e. The molecule has 1 N–H and O–H groups in total. The average Bonchev–Trinajstić information content (AvgIpc) is 3.11. The van der Waals surface area contributed by atoms with Crippen LogP contribution in [-0.4, -0.2) is 22.9 Å². The van der Waals surface area contributed by atoms with Gasteiger partial charge in [0.15, 0.2) is 5.75 Å². The lowest BCUT2D eigenvalue weighted by atomic mass is 10.1. The van der Waals surface area contributed by atoms with E-state index in [9.17, 15) is 13.2 Å². The molecule has 22 heavy (non-hydrogen) atoms. The molecule has 1 aliphatic heterocycles. The predicted molar refractivity (Wildman–Crippen MR) is 74.7 cm³/mol. The van der Waals surface area contributed by atoms with Gasteiger partial charge in [-0.3, -0.25) is 4.68 Å². The maximum Gasteiger partial charge on any atom is 0.416 e. The molecule has 4 nitrogen and oxygen atoms in total. The Morgan fingerprint density at radius 2 is 2.00 bits per heavy atom. The van der Waals surface area contributed by atoms with Gasteiger partial charge in [-0.2, -0.15) is 18.3 Å². The Morgan fingerprint density at radius 1 is 1.23 bits per heavy atom. The van der Waals surface area contributed by atoms with Gasteiger partial charge in [0.25, 0.3) is 0 Å². The molecule has 3 rings (SSSR count). The molecule has 0 amide bonds. The van der Waals surface area contributed by atoms with E-state index in [0.29, 0.717) is 17.4 Å². The first-order valence-electron chi connectivity index (χ1n) is 7.09. The van der Waals surface area contributed by atoms with Crippen LogP contribution in [0.2, 0.25) is 0 Å². The molecule has 1 aromatic carbocycles. The van der Waals surface area contributed by atoms with E-state index in [-0.39, 0.29) is 0 Å². The number of ether oxygens (including phenoxy) is 1. The van der Waals surface area contributed by atoms with Crippen molar-refractivity contribution in [1.82, 2.24) is 15.1 Å². The van der Waals surface area contributed by atoms with Gasteiger partial charge in [-0.1, -0.05) is 0 Å². The second kappa shape index (κ2) is 6.00. The van der Waals surface area contributed by atoms with Gasteiger partial charge in [-0.15, -0.1) is 0 Å². The van der Waals surface area contributed by atoms with Crippen LogP contribution in [0.5, 0.6) is 11.5 Å². The summed E-state index contributed by atoms with van der Waals surface area (Å²) in [7, 11) is 0. The Balaban J connectivity index is 1.62. The van der Waals surface area contributed by atoms with Crippen LogP contribution in [0.4, 0.5) is 13.2 Å². The Morgan fingerprint density at radius 3 is 2.64 bits per heavy atom. The monoisotopic (exact) mass is 311 g/mol. The van der Waals surface area contributed by atoms with Gasteiger partial charge in [0.05, 0.1) is 18.0 Å². The maximum absolute atomic E-state index is 12.5. The van der Waals surface area contributed by atoms with Crippen molar-refractivity contribution in [2.24, 2.45) is 5.92 Å². The molecule has 1 aliphatic rings. The topological polar surface area (TPSA) is 39.1 Å². The first-order chi connectivity index (χ1) is 10.5. The Bertz CT molecular complexity index is 616. The van der Waals surface area contributed by atoms with Crippen LogP contribution in [0.25, 0.3) is 0 Å². The lowest BCUT2D eigenvalue weighted by Gasteiger charge is -2.08. The predicted octanol–water partition coefficient (Wildman–Crippen LogP) is 3.30. The summed E-state index contributed by atoms with van der Waals surface area (Å²) in [5, 5.41) is 7.51. The van der Waals surface area contributed by atoms with Crippen LogP contribution in [0.15, 0.2) is 36.7 Å². The van der Waals surface area contributed by atoms with Gasteiger partial charge in [0, 0.05) is 6.54 Å². The lowest BCUT2D eigenvalue weighted by Crippen LogP contribution is -2.14. The molecule has 7 heteroatoms. The highest BCUT2D eigenvalue weighted by Gasteiger charge is 2.30. The lowest BCUT2D eigenvalue weighted by molar-refractivity contribution is -0.137. The van der Waals surface area contributed by atoms with Gasteiger partial charge >= 0.3 is 6.18 Å². The molecule has 1 saturated heterocycles. The second-order valence-corrected chi connectivity index (χ2v) is 5.38. The molecule has 1 aromatic heterocycles. The zero-order chi connectivity index (χ0) is 15.6. The van der Waals surface area contributed by atoms with E-state index in [1.807, 2.05) is 0 Å². The van der Waals surface area contributed by atoms with E-state index in [1.165, 1.54) is 12.1 Å². The summed E-state index contributed by atoms with van der Waals surface area (Å²) in [6.45, 7) is 2.82. The van der Waals surface area contributed by atoms with Gasteiger partial charge in [0.2, 0.25) is 0 Å². The fourth-order valence-electron chi connectivity index (χ4n) is 2.48. The number of nitrogens with one attached hydrogen (secondary N) is 1. The van der Waals surface area contributed by atoms with Gasteiger partial charge in [-0.25, -0.2) is 0 Å². The summed E-state index contributed by atoms with van der Waals surface area (Å²) in [5.74, 6) is 1.43. The molecule has 2 aromatic rings. The van der Waals surface area contributed by atoms with Crippen LogP contribution in [0.1, 0.15) is 12.0 Å². The van der Waals surface area contributed by atoms with E-state index in [2.05, 4.69) is 10.4 Å². The van der Waals surface area contributed by atoms with Gasteiger partial charge in [0.1, 0.15) is 5.75 Å². The highest BCUT2D eigenvalue weighted by atomic mass is 19.4. The first-order valence-corrected chi connectivity index (χ1v) is 7.09. The molecule has 2 heterocycles. The minimum absolute atomic E-state index is 0.357. The number of halogens is 3. The van der Waals surface area contributed by atoms with Crippen molar-refractivity contribution in [3.63, 3.8) is 0 Å². The van der Waals surface area contributed by atoms with Crippen LogP contribution < -0.4 is 10.1 Å². The third kappa shape index (κ3) is 3.59. The smallest absolute Gasteiger partial charge is 0.416 e. The van der Waals surface area contributed by atoms with E-state index >= 15 is 0 Å². The second-order valence-electron chi connectivity index (χ2n) is 5.38. The van der Waals surface area contributed by atoms with Crippen LogP contribution in [0, 0.1) is 5.92 Å². The third-order valence-electron chi connectivity index (χ3n) is 3.63. The summed E-state index contributed by atoms with van der Waals surface area (Å²) >= 11 is 0. The molecule has 118 valence electrons. The summed E-state index contributed by atoms with van der Waals surface area (Å²) in [6, 6.07) is 4.62. The molecule has 0 saturated carbocycles. The van der Waals surface area contributed by atoms with Gasteiger partial charge in [-0.05, 0) is 49.7 Å². The summed E-state index contributed by atoms with van der Waals surface area (Å²) in [4.78, 5) is 0. The van der Waals surface area contributed by atoms with Crippen LogP contribution in [-0.2, 0) is 12.7 Å². The maximum atomic E-state index is 12.5. The van der Waals surface area contributed by atoms with Crippen molar-refractivity contribution in [3.05, 3.63) is 42.2 Å². The number of alkyl halides is 3. The highest BCUT2D eigenvalue weighted by Crippen LogP contribution is 2.31. The molecule has 0 bridgehead atoms. The van der Waals surface area contributed by atoms with Crippen molar-refractivity contribution in [3.8, 4) is 11.5 Å². The van der Waals surface area contributed by atoms with Crippen molar-refractivity contribution in [2.45, 2.75) is 19.1 Å². The Hall–Kier alpha value is -2.02. The van der Waals surface area contributed by atoms with Crippen LogP contribution >= 0.6 is 0 Å². The molecule has 0 radical (unpaired) electrons. The van der Waals surface area contributed by atoms with Crippen molar-refractivity contribution >= 4 is 0 Å². The number of aromatic nitrogens is 2. The molecule has 1 unspecified atom stereocenters. The number of hydrogen-bond donors (Lipinski definition) is 1. The van der Waals surface area contributed by atoms with E-state index in [1.54, 1.807) is 17.1 Å². The van der Waals surface area contributed by atoms with Crippen LogP contribution in [0.3, 0.4) is 0 Å². The number of benzene rings is 1. The highest BCUT2D eigenvalue weighted by molar-refractivity contribution is 5.32. The molecular formula is C15H16F3N3O. The molecule has 1 atom stereocenters. The fraction of sp³-hybridized carbons (Fsp3) is 0.400. The largest absolute Gasteiger partial charge is 0.454 e. The molecule has 1 fully saturated rings. The first kappa shape index (κ1) is 14.9. The standard InChI is InChI=1S/C15H16F3N3O/c16-15(17,18)12-1-3-13(4-2-12)22-14-8-20-21(10-14)9-11-5-6-19-7-11/h1-4,8,10-11,19H,5-7,9H2. The molecular weight excluding hydrogens is 295 g/mol. The van der Waals surface area contributed by atoms with E-state index in [0.717, 1.165) is 38.2 Å². The quantitative estimate of drug-likeness (QED) is 0.941. The minimum atomic E-state index is -4.33. The summed E-state index contributed by atoms with van der Waals surface area (Å²) in [5.41, 5.74) is -0.690. The molecule has 0 spiro atoms. The number of nitrogens with zero attached hydrogens (tertiary/aromatic N) is 2. The number of hydrogen-bond acceptors (Lipinski definition) is 3. The average molecular weight is 311 g/mol. The van der Waals surface area contributed by atoms with Gasteiger partial charge < -0.3 is 10.1 Å². The SMILES string of the molecule is FC(F)(F)c1ccc(Oc2cnn(CC3CCNC3)c2)cc1. The van der Waals surface area contributed by atoms with Crippen molar-refractivity contribution in [1.29, 1.82) is 0 Å². The fourth-order valence-corrected chi connectivity index (χ4v) is 2.48.